The Morgan fingerprint density at radius 1 is 0.900 bits per heavy atom. The van der Waals surface area contributed by atoms with Crippen LogP contribution in [0.1, 0.15) is 53.8 Å². The van der Waals surface area contributed by atoms with Crippen LogP contribution in [0.5, 0.6) is 0 Å². The lowest BCUT2D eigenvalue weighted by molar-refractivity contribution is 0.815. The molecule has 0 fully saturated rings. The van der Waals surface area contributed by atoms with Gasteiger partial charge in [-0.25, -0.2) is 0 Å². The van der Waals surface area contributed by atoms with Crippen molar-refractivity contribution in [1.29, 1.82) is 0 Å². The molecule has 0 aromatic heterocycles. The SMILES string of the molecule is CCCCC#CCCCC.[HH]. The third-order valence-electron chi connectivity index (χ3n) is 1.44. The maximum atomic E-state index is 3.17. The van der Waals surface area contributed by atoms with E-state index >= 15 is 0 Å². The molecule has 0 aliphatic heterocycles. The largest absolute Gasteiger partial charge is 0.103 e. The van der Waals surface area contributed by atoms with Crippen LogP contribution in [0.2, 0.25) is 0 Å². The number of unbranched alkanes of at least 4 members (excludes halogenated alkanes) is 4. The van der Waals surface area contributed by atoms with Crippen LogP contribution in [-0.2, 0) is 0 Å². The van der Waals surface area contributed by atoms with Gasteiger partial charge in [-0.1, -0.05) is 26.7 Å². The zero-order valence-electron chi connectivity index (χ0n) is 7.24. The van der Waals surface area contributed by atoms with Crippen molar-refractivity contribution in [3.63, 3.8) is 0 Å². The van der Waals surface area contributed by atoms with Gasteiger partial charge in [0.05, 0.1) is 0 Å². The minimum Gasteiger partial charge on any atom is -0.103 e. The van der Waals surface area contributed by atoms with Crippen molar-refractivity contribution in [1.82, 2.24) is 0 Å². The van der Waals surface area contributed by atoms with Crippen molar-refractivity contribution in [2.75, 3.05) is 0 Å². The van der Waals surface area contributed by atoms with Crippen molar-refractivity contribution in [2.24, 2.45) is 0 Å². The van der Waals surface area contributed by atoms with Gasteiger partial charge >= 0.3 is 0 Å². The van der Waals surface area contributed by atoms with Gasteiger partial charge in [-0.3, -0.25) is 0 Å². The summed E-state index contributed by atoms with van der Waals surface area (Å²) in [5, 5.41) is 0. The summed E-state index contributed by atoms with van der Waals surface area (Å²) in [7, 11) is 0. The summed E-state index contributed by atoms with van der Waals surface area (Å²) < 4.78 is 0. The van der Waals surface area contributed by atoms with E-state index < -0.39 is 0 Å². The van der Waals surface area contributed by atoms with Gasteiger partial charge in [-0.05, 0) is 12.8 Å². The molecule has 10 heavy (non-hydrogen) atoms. The van der Waals surface area contributed by atoms with E-state index in [1.54, 1.807) is 0 Å². The second-order valence-electron chi connectivity index (χ2n) is 2.56. The van der Waals surface area contributed by atoms with E-state index in [0.29, 0.717) is 0 Å². The Labute approximate surface area is 66.5 Å². The zero-order chi connectivity index (χ0) is 7.66. The van der Waals surface area contributed by atoms with Crippen molar-refractivity contribution >= 4 is 0 Å². The Kier molecular flexibility index (Phi) is 8.18. The first kappa shape index (κ1) is 9.56. The van der Waals surface area contributed by atoms with Gasteiger partial charge in [0.2, 0.25) is 0 Å². The van der Waals surface area contributed by atoms with Crippen molar-refractivity contribution < 1.29 is 1.43 Å². The van der Waals surface area contributed by atoms with Crippen LogP contribution < -0.4 is 0 Å². The van der Waals surface area contributed by atoms with Gasteiger partial charge in [0, 0.05) is 14.3 Å². The minimum absolute atomic E-state index is 0. The van der Waals surface area contributed by atoms with E-state index in [-0.39, 0.29) is 1.43 Å². The first-order chi connectivity index (χ1) is 4.91. The van der Waals surface area contributed by atoms with Crippen LogP contribution >= 0.6 is 0 Å². The Hall–Kier alpha value is -0.440. The molecule has 0 spiro atoms. The van der Waals surface area contributed by atoms with Gasteiger partial charge < -0.3 is 0 Å². The molecule has 60 valence electrons. The number of rotatable bonds is 4. The molecular weight excluding hydrogens is 120 g/mol. The predicted molar refractivity (Wildman–Crippen MR) is 48.9 cm³/mol. The summed E-state index contributed by atoms with van der Waals surface area (Å²) in [4.78, 5) is 0. The van der Waals surface area contributed by atoms with Crippen LogP contribution in [-0.4, -0.2) is 0 Å². The third kappa shape index (κ3) is 7.56. The fourth-order valence-electron chi connectivity index (χ4n) is 0.707. The second kappa shape index (κ2) is 8.56. The lowest BCUT2D eigenvalue weighted by atomic mass is 10.2. The molecule has 0 N–H and O–H groups in total. The molecule has 0 nitrogen and oxygen atoms in total. The average molecular weight is 140 g/mol. The van der Waals surface area contributed by atoms with E-state index in [9.17, 15) is 0 Å². The average Bonchev–Trinajstić information content (AvgIpc) is 1.97. The summed E-state index contributed by atoms with van der Waals surface area (Å²) in [5.41, 5.74) is 0. The molecule has 0 aromatic carbocycles. The minimum atomic E-state index is 0. The summed E-state index contributed by atoms with van der Waals surface area (Å²) in [6.07, 6.45) is 7.25. The maximum Gasteiger partial charge on any atom is 0.00885 e. The Balaban J connectivity index is 0. The molecule has 0 aromatic rings. The van der Waals surface area contributed by atoms with Gasteiger partial charge in [0.25, 0.3) is 0 Å². The number of hydrogen-bond acceptors (Lipinski definition) is 0. The lowest BCUT2D eigenvalue weighted by Crippen LogP contribution is -1.69. The van der Waals surface area contributed by atoms with E-state index in [1.807, 2.05) is 0 Å². The molecule has 0 bridgehead atoms. The highest BCUT2D eigenvalue weighted by Gasteiger charge is 1.77. The highest BCUT2D eigenvalue weighted by Crippen LogP contribution is 1.93. The van der Waals surface area contributed by atoms with Gasteiger partial charge in [-0.15, -0.1) is 11.8 Å². The fraction of sp³-hybridized carbons (Fsp3) is 0.800. The first-order valence-electron chi connectivity index (χ1n) is 4.37. The van der Waals surface area contributed by atoms with Crippen LogP contribution in [0.15, 0.2) is 0 Å². The van der Waals surface area contributed by atoms with E-state index in [1.165, 1.54) is 25.7 Å². The maximum absolute atomic E-state index is 3.17. The monoisotopic (exact) mass is 140 g/mol. The van der Waals surface area contributed by atoms with Gasteiger partial charge in [0.15, 0.2) is 0 Å². The molecular formula is C10H20. The quantitative estimate of drug-likeness (QED) is 0.413. The standard InChI is InChI=1S/C10H18.H2/c1-3-5-7-9-10-8-6-4-2;/h3-8H2,1-2H3;1H. The second-order valence-corrected chi connectivity index (χ2v) is 2.56. The summed E-state index contributed by atoms with van der Waals surface area (Å²) in [6.45, 7) is 4.40. The smallest absolute Gasteiger partial charge is 0.00885 e. The van der Waals surface area contributed by atoms with Crippen LogP contribution in [0.25, 0.3) is 0 Å². The van der Waals surface area contributed by atoms with Gasteiger partial charge in [0.1, 0.15) is 0 Å². The summed E-state index contributed by atoms with van der Waals surface area (Å²) in [5.74, 6) is 6.34. The molecule has 0 heterocycles. The molecule has 0 aliphatic carbocycles. The topological polar surface area (TPSA) is 0 Å². The van der Waals surface area contributed by atoms with Crippen molar-refractivity contribution in [3.8, 4) is 11.8 Å². The Morgan fingerprint density at radius 3 is 1.60 bits per heavy atom. The van der Waals surface area contributed by atoms with Crippen LogP contribution in [0, 0.1) is 11.8 Å². The third-order valence-corrected chi connectivity index (χ3v) is 1.44. The van der Waals surface area contributed by atoms with E-state index in [0.717, 1.165) is 12.8 Å². The van der Waals surface area contributed by atoms with Crippen molar-refractivity contribution in [3.05, 3.63) is 0 Å². The molecule has 0 heteroatoms. The molecule has 0 saturated carbocycles. The fourth-order valence-corrected chi connectivity index (χ4v) is 0.707. The van der Waals surface area contributed by atoms with E-state index in [2.05, 4.69) is 25.7 Å². The molecule has 0 unspecified atom stereocenters. The van der Waals surface area contributed by atoms with E-state index in [4.69, 9.17) is 0 Å². The molecule has 0 radical (unpaired) electrons. The molecule has 0 rings (SSSR count). The molecule has 0 amide bonds. The normalized spacial score (nSPS) is 8.60. The lowest BCUT2D eigenvalue weighted by Gasteiger charge is -1.85. The van der Waals surface area contributed by atoms with Crippen LogP contribution in [0.3, 0.4) is 0 Å². The summed E-state index contributed by atoms with van der Waals surface area (Å²) in [6, 6.07) is 0. The van der Waals surface area contributed by atoms with Gasteiger partial charge in [-0.2, -0.15) is 0 Å². The highest BCUT2D eigenvalue weighted by molar-refractivity contribution is 4.98. The predicted octanol–water partition coefficient (Wildman–Crippen LogP) is 3.62. The first-order valence-corrected chi connectivity index (χ1v) is 4.37. The van der Waals surface area contributed by atoms with Crippen LogP contribution in [0.4, 0.5) is 0 Å². The zero-order valence-corrected chi connectivity index (χ0v) is 7.24. The summed E-state index contributed by atoms with van der Waals surface area (Å²) >= 11 is 0. The number of hydrogen-bond donors (Lipinski definition) is 0. The molecule has 0 saturated heterocycles. The molecule has 0 atom stereocenters. The molecule has 0 aliphatic rings. The Morgan fingerprint density at radius 2 is 1.30 bits per heavy atom. The Bertz CT molecular complexity index is 95.8. The van der Waals surface area contributed by atoms with Crippen molar-refractivity contribution in [2.45, 2.75) is 52.4 Å². The highest BCUT2D eigenvalue weighted by atomic mass is 13.8.